The first-order valence-electron chi connectivity index (χ1n) is 6.42. The summed E-state index contributed by atoms with van der Waals surface area (Å²) >= 11 is 1.37. The Kier molecular flexibility index (Phi) is 4.74. The molecule has 4 nitrogen and oxygen atoms in total. The summed E-state index contributed by atoms with van der Waals surface area (Å²) in [5, 5.41) is 4.03. The number of aryl methyl sites for hydroxylation is 1. The number of benzene rings is 1. The monoisotopic (exact) mass is 277 g/mol. The molecule has 0 amide bonds. The van der Waals surface area contributed by atoms with Crippen LogP contribution in [0.1, 0.15) is 31.2 Å². The average molecular weight is 277 g/mol. The predicted molar refractivity (Wildman–Crippen MR) is 79.2 cm³/mol. The van der Waals surface area contributed by atoms with Gasteiger partial charge in [-0.2, -0.15) is 4.37 Å². The average Bonchev–Trinajstić information content (AvgIpc) is 2.81. The van der Waals surface area contributed by atoms with Gasteiger partial charge in [0.15, 0.2) is 0 Å². The van der Waals surface area contributed by atoms with Crippen LogP contribution < -0.4 is 10.1 Å². The van der Waals surface area contributed by atoms with Crippen molar-refractivity contribution in [3.8, 4) is 5.75 Å². The fraction of sp³-hybridized carbons (Fsp3) is 0.429. The van der Waals surface area contributed by atoms with Crippen LogP contribution in [0.5, 0.6) is 5.75 Å². The van der Waals surface area contributed by atoms with E-state index in [9.17, 15) is 0 Å². The lowest BCUT2D eigenvalue weighted by Gasteiger charge is -2.09. The smallest absolute Gasteiger partial charge is 0.202 e. The van der Waals surface area contributed by atoms with Gasteiger partial charge in [0, 0.05) is 11.5 Å². The maximum atomic E-state index is 5.66. The van der Waals surface area contributed by atoms with Gasteiger partial charge in [-0.25, -0.2) is 4.98 Å². The molecule has 0 aliphatic heterocycles. The molecule has 0 aliphatic rings. The standard InChI is InChI=1S/C14H19N3OS/c1-10(2)12-4-6-13(7-5-12)18-9-8-15-14-16-11(3)17-19-14/h4-7,10H,8-9H2,1-3H3,(H,15,16,17). The van der Waals surface area contributed by atoms with Gasteiger partial charge in [0.05, 0.1) is 6.54 Å². The van der Waals surface area contributed by atoms with E-state index in [1.54, 1.807) is 0 Å². The minimum atomic E-state index is 0.552. The summed E-state index contributed by atoms with van der Waals surface area (Å²) in [4.78, 5) is 4.23. The summed E-state index contributed by atoms with van der Waals surface area (Å²) in [7, 11) is 0. The quantitative estimate of drug-likeness (QED) is 0.821. The summed E-state index contributed by atoms with van der Waals surface area (Å²) in [5.41, 5.74) is 1.33. The van der Waals surface area contributed by atoms with Gasteiger partial charge in [0.25, 0.3) is 0 Å². The molecule has 0 fully saturated rings. The second-order valence-electron chi connectivity index (χ2n) is 4.65. The van der Waals surface area contributed by atoms with Gasteiger partial charge in [0.2, 0.25) is 5.13 Å². The number of hydrogen-bond donors (Lipinski definition) is 1. The Morgan fingerprint density at radius 3 is 2.58 bits per heavy atom. The molecule has 0 unspecified atom stereocenters. The van der Waals surface area contributed by atoms with Gasteiger partial charge in [-0.1, -0.05) is 26.0 Å². The first-order valence-corrected chi connectivity index (χ1v) is 7.19. The van der Waals surface area contributed by atoms with Crippen LogP contribution in [0, 0.1) is 6.92 Å². The van der Waals surface area contributed by atoms with Crippen molar-refractivity contribution in [1.82, 2.24) is 9.36 Å². The second-order valence-corrected chi connectivity index (χ2v) is 5.40. The molecule has 5 heteroatoms. The highest BCUT2D eigenvalue weighted by atomic mass is 32.1. The number of nitrogens with one attached hydrogen (secondary N) is 1. The van der Waals surface area contributed by atoms with Crippen molar-refractivity contribution in [2.75, 3.05) is 18.5 Å². The van der Waals surface area contributed by atoms with Crippen LogP contribution in [0.15, 0.2) is 24.3 Å². The lowest BCUT2D eigenvalue weighted by atomic mass is 10.0. The number of ether oxygens (including phenoxy) is 1. The van der Waals surface area contributed by atoms with Crippen LogP contribution in [0.4, 0.5) is 5.13 Å². The van der Waals surface area contributed by atoms with E-state index in [2.05, 4.69) is 40.7 Å². The van der Waals surface area contributed by atoms with Crippen molar-refractivity contribution in [2.45, 2.75) is 26.7 Å². The molecule has 2 rings (SSSR count). The Morgan fingerprint density at radius 1 is 1.26 bits per heavy atom. The fourth-order valence-corrected chi connectivity index (χ4v) is 2.24. The number of rotatable bonds is 6. The molecule has 0 spiro atoms. The van der Waals surface area contributed by atoms with Crippen LogP contribution in [0.2, 0.25) is 0 Å². The first-order chi connectivity index (χ1) is 9.15. The van der Waals surface area contributed by atoms with Gasteiger partial charge in [-0.3, -0.25) is 0 Å². The van der Waals surface area contributed by atoms with Crippen molar-refractivity contribution < 1.29 is 4.74 Å². The van der Waals surface area contributed by atoms with Crippen LogP contribution >= 0.6 is 11.5 Å². The zero-order chi connectivity index (χ0) is 13.7. The van der Waals surface area contributed by atoms with Crippen LogP contribution in [-0.4, -0.2) is 22.5 Å². The Bertz CT molecular complexity index is 508. The molecule has 2 aromatic rings. The molecule has 1 aromatic heterocycles. The Morgan fingerprint density at radius 2 is 2.00 bits per heavy atom. The lowest BCUT2D eigenvalue weighted by Crippen LogP contribution is -2.11. The Balaban J connectivity index is 1.73. The highest BCUT2D eigenvalue weighted by molar-refractivity contribution is 7.09. The van der Waals surface area contributed by atoms with Crippen molar-refractivity contribution in [1.29, 1.82) is 0 Å². The molecule has 1 aromatic carbocycles. The molecule has 102 valence electrons. The molecule has 0 bridgehead atoms. The van der Waals surface area contributed by atoms with Crippen molar-refractivity contribution in [2.24, 2.45) is 0 Å². The normalized spacial score (nSPS) is 10.7. The van der Waals surface area contributed by atoms with E-state index in [0.29, 0.717) is 12.5 Å². The summed E-state index contributed by atoms with van der Waals surface area (Å²) in [6.07, 6.45) is 0. The van der Waals surface area contributed by atoms with E-state index >= 15 is 0 Å². The SMILES string of the molecule is Cc1nsc(NCCOc2ccc(C(C)C)cc2)n1. The summed E-state index contributed by atoms with van der Waals surface area (Å²) in [6.45, 7) is 7.59. The van der Waals surface area contributed by atoms with E-state index in [-0.39, 0.29) is 0 Å². The molecule has 0 atom stereocenters. The topological polar surface area (TPSA) is 47.0 Å². The molecular weight excluding hydrogens is 258 g/mol. The van der Waals surface area contributed by atoms with E-state index in [0.717, 1.165) is 23.3 Å². The van der Waals surface area contributed by atoms with Crippen LogP contribution in [0.25, 0.3) is 0 Å². The minimum Gasteiger partial charge on any atom is -0.492 e. The third kappa shape index (κ3) is 4.21. The number of hydrogen-bond acceptors (Lipinski definition) is 5. The molecule has 1 heterocycles. The first kappa shape index (κ1) is 13.8. The number of nitrogens with zero attached hydrogens (tertiary/aromatic N) is 2. The minimum absolute atomic E-state index is 0.552. The van der Waals surface area contributed by atoms with E-state index in [1.165, 1.54) is 17.1 Å². The molecule has 19 heavy (non-hydrogen) atoms. The highest BCUT2D eigenvalue weighted by Crippen LogP contribution is 2.18. The van der Waals surface area contributed by atoms with Crippen molar-refractivity contribution in [3.05, 3.63) is 35.7 Å². The van der Waals surface area contributed by atoms with Crippen LogP contribution in [-0.2, 0) is 0 Å². The molecule has 0 aliphatic carbocycles. The molecular formula is C14H19N3OS. The van der Waals surface area contributed by atoms with Gasteiger partial charge in [-0.15, -0.1) is 0 Å². The maximum absolute atomic E-state index is 5.66. The number of aromatic nitrogens is 2. The Labute approximate surface area is 118 Å². The van der Waals surface area contributed by atoms with Crippen LogP contribution in [0.3, 0.4) is 0 Å². The van der Waals surface area contributed by atoms with Gasteiger partial charge >= 0.3 is 0 Å². The lowest BCUT2D eigenvalue weighted by molar-refractivity contribution is 0.332. The zero-order valence-electron chi connectivity index (χ0n) is 11.5. The van der Waals surface area contributed by atoms with Gasteiger partial charge < -0.3 is 10.1 Å². The predicted octanol–water partition coefficient (Wildman–Crippen LogP) is 3.46. The molecule has 0 saturated carbocycles. The van der Waals surface area contributed by atoms with E-state index in [4.69, 9.17) is 4.74 Å². The summed E-state index contributed by atoms with van der Waals surface area (Å²) in [5.74, 6) is 2.26. The fourth-order valence-electron chi connectivity index (χ4n) is 1.64. The van der Waals surface area contributed by atoms with E-state index in [1.807, 2.05) is 19.1 Å². The zero-order valence-corrected chi connectivity index (χ0v) is 12.3. The third-order valence-electron chi connectivity index (χ3n) is 2.72. The Hall–Kier alpha value is -1.62. The van der Waals surface area contributed by atoms with Gasteiger partial charge in [0.1, 0.15) is 18.2 Å². The highest BCUT2D eigenvalue weighted by Gasteiger charge is 2.00. The third-order valence-corrected chi connectivity index (χ3v) is 3.49. The molecule has 0 saturated heterocycles. The summed E-state index contributed by atoms with van der Waals surface area (Å²) in [6, 6.07) is 8.26. The maximum Gasteiger partial charge on any atom is 0.202 e. The number of anilines is 1. The van der Waals surface area contributed by atoms with Gasteiger partial charge in [-0.05, 0) is 30.5 Å². The van der Waals surface area contributed by atoms with Crippen molar-refractivity contribution >= 4 is 16.7 Å². The summed E-state index contributed by atoms with van der Waals surface area (Å²) < 4.78 is 9.77. The van der Waals surface area contributed by atoms with Crippen molar-refractivity contribution in [3.63, 3.8) is 0 Å². The largest absolute Gasteiger partial charge is 0.492 e. The molecule has 0 radical (unpaired) electrons. The second kappa shape index (κ2) is 6.52. The molecule has 1 N–H and O–H groups in total. The van der Waals surface area contributed by atoms with E-state index < -0.39 is 0 Å².